The van der Waals surface area contributed by atoms with Gasteiger partial charge in [0.15, 0.2) is 0 Å². The van der Waals surface area contributed by atoms with E-state index in [4.69, 9.17) is 0 Å². The zero-order valence-electron chi connectivity index (χ0n) is 9.92. The van der Waals surface area contributed by atoms with Crippen molar-refractivity contribution in [2.24, 2.45) is 0 Å². The van der Waals surface area contributed by atoms with Crippen LogP contribution in [-0.4, -0.2) is 21.2 Å². The van der Waals surface area contributed by atoms with Crippen molar-refractivity contribution >= 4 is 28.3 Å². The second-order valence-electron chi connectivity index (χ2n) is 3.99. The maximum Gasteiger partial charge on any atom is 0.323 e. The fraction of sp³-hybridized carbons (Fsp3) is 0. The Morgan fingerprint density at radius 2 is 2.00 bits per heavy atom. The number of benzene rings is 1. The molecule has 0 saturated carbocycles. The van der Waals surface area contributed by atoms with Crippen molar-refractivity contribution in [1.29, 1.82) is 0 Å². The van der Waals surface area contributed by atoms with Gasteiger partial charge in [-0.1, -0.05) is 0 Å². The van der Waals surface area contributed by atoms with Crippen molar-refractivity contribution in [2.75, 3.05) is 10.6 Å². The number of pyridine rings is 1. The van der Waals surface area contributed by atoms with E-state index in [1.54, 1.807) is 30.7 Å². The lowest BCUT2D eigenvalue weighted by Crippen LogP contribution is -2.19. The third-order valence-corrected chi connectivity index (χ3v) is 2.62. The zero-order valence-corrected chi connectivity index (χ0v) is 9.92. The number of hydrogen-bond acceptors (Lipinski definition) is 3. The number of aromatic nitrogens is 3. The monoisotopic (exact) mass is 253 g/mol. The van der Waals surface area contributed by atoms with Crippen LogP contribution in [0, 0.1) is 0 Å². The third-order valence-electron chi connectivity index (χ3n) is 2.62. The number of fused-ring (bicyclic) bond motifs is 1. The predicted molar refractivity (Wildman–Crippen MR) is 73.0 cm³/mol. The van der Waals surface area contributed by atoms with Crippen molar-refractivity contribution in [3.63, 3.8) is 0 Å². The van der Waals surface area contributed by atoms with Gasteiger partial charge in [0, 0.05) is 17.3 Å². The molecule has 3 rings (SSSR count). The van der Waals surface area contributed by atoms with Gasteiger partial charge >= 0.3 is 6.03 Å². The van der Waals surface area contributed by atoms with E-state index in [0.29, 0.717) is 11.4 Å². The average molecular weight is 253 g/mol. The molecule has 2 heterocycles. The maximum atomic E-state index is 11.8. The number of anilines is 2. The summed E-state index contributed by atoms with van der Waals surface area (Å²) >= 11 is 0. The number of carbonyl (C=O) groups excluding carboxylic acids is 1. The quantitative estimate of drug-likeness (QED) is 0.656. The lowest BCUT2D eigenvalue weighted by molar-refractivity contribution is 0.262. The fourth-order valence-corrected chi connectivity index (χ4v) is 1.74. The highest BCUT2D eigenvalue weighted by atomic mass is 16.2. The van der Waals surface area contributed by atoms with E-state index in [-0.39, 0.29) is 6.03 Å². The first-order chi connectivity index (χ1) is 9.31. The molecule has 19 heavy (non-hydrogen) atoms. The highest BCUT2D eigenvalue weighted by molar-refractivity contribution is 6.00. The Morgan fingerprint density at radius 3 is 2.84 bits per heavy atom. The molecule has 3 N–H and O–H groups in total. The highest BCUT2D eigenvalue weighted by Gasteiger charge is 2.03. The summed E-state index contributed by atoms with van der Waals surface area (Å²) in [6, 6.07) is 8.74. The molecule has 0 saturated heterocycles. The molecule has 2 amide bonds. The molecule has 0 spiro atoms. The Morgan fingerprint density at radius 1 is 1.11 bits per heavy atom. The van der Waals surface area contributed by atoms with Crippen LogP contribution in [0.3, 0.4) is 0 Å². The summed E-state index contributed by atoms with van der Waals surface area (Å²) in [5.41, 5.74) is 2.21. The first-order valence-electron chi connectivity index (χ1n) is 5.72. The Hall–Kier alpha value is -2.89. The number of amides is 2. The van der Waals surface area contributed by atoms with E-state index >= 15 is 0 Å². The standard InChI is InChI=1S/C13H11N5O/c19-13(17-11-2-1-5-14-8-11)16-10-4-3-9-7-15-18-12(9)6-10/h1-8H,(H,15,18)(H2,16,17,19). The van der Waals surface area contributed by atoms with Gasteiger partial charge in [0.2, 0.25) is 0 Å². The number of nitrogens with zero attached hydrogens (tertiary/aromatic N) is 2. The van der Waals surface area contributed by atoms with E-state index in [1.165, 1.54) is 0 Å². The fourth-order valence-electron chi connectivity index (χ4n) is 1.74. The predicted octanol–water partition coefficient (Wildman–Crippen LogP) is 2.60. The van der Waals surface area contributed by atoms with E-state index in [2.05, 4.69) is 25.8 Å². The lowest BCUT2D eigenvalue weighted by atomic mass is 10.2. The average Bonchev–Trinajstić information content (AvgIpc) is 2.87. The second-order valence-corrected chi connectivity index (χ2v) is 3.99. The number of hydrogen-bond donors (Lipinski definition) is 3. The number of rotatable bonds is 2. The van der Waals surface area contributed by atoms with Gasteiger partial charge in [-0.15, -0.1) is 0 Å². The summed E-state index contributed by atoms with van der Waals surface area (Å²) in [6.45, 7) is 0. The second kappa shape index (κ2) is 4.77. The molecule has 0 unspecified atom stereocenters. The summed E-state index contributed by atoms with van der Waals surface area (Å²) in [4.78, 5) is 15.7. The minimum atomic E-state index is -0.313. The van der Waals surface area contributed by atoms with Crippen LogP contribution in [0.2, 0.25) is 0 Å². The smallest absolute Gasteiger partial charge is 0.308 e. The molecule has 0 radical (unpaired) electrons. The molecule has 3 aromatic rings. The zero-order chi connectivity index (χ0) is 13.1. The summed E-state index contributed by atoms with van der Waals surface area (Å²) in [7, 11) is 0. The first-order valence-corrected chi connectivity index (χ1v) is 5.72. The molecule has 0 fully saturated rings. The molecule has 2 aromatic heterocycles. The Kier molecular flexibility index (Phi) is 2.82. The third kappa shape index (κ3) is 2.52. The minimum absolute atomic E-state index is 0.313. The molecule has 6 heteroatoms. The lowest BCUT2D eigenvalue weighted by Gasteiger charge is -2.07. The van der Waals surface area contributed by atoms with Crippen molar-refractivity contribution in [3.8, 4) is 0 Å². The summed E-state index contributed by atoms with van der Waals surface area (Å²) < 4.78 is 0. The number of carbonyl (C=O) groups is 1. The summed E-state index contributed by atoms with van der Waals surface area (Å²) in [5, 5.41) is 13.2. The van der Waals surface area contributed by atoms with E-state index in [1.807, 2.05) is 18.2 Å². The van der Waals surface area contributed by atoms with E-state index < -0.39 is 0 Å². The molecule has 0 atom stereocenters. The maximum absolute atomic E-state index is 11.8. The van der Waals surface area contributed by atoms with Crippen molar-refractivity contribution in [2.45, 2.75) is 0 Å². The van der Waals surface area contributed by atoms with Crippen molar-refractivity contribution in [3.05, 3.63) is 48.9 Å². The first kappa shape index (κ1) is 11.2. The number of urea groups is 1. The summed E-state index contributed by atoms with van der Waals surface area (Å²) in [6.07, 6.45) is 4.96. The molecule has 0 aliphatic rings. The van der Waals surface area contributed by atoms with Gasteiger partial charge in [0.25, 0.3) is 0 Å². The van der Waals surface area contributed by atoms with Gasteiger partial charge < -0.3 is 10.6 Å². The minimum Gasteiger partial charge on any atom is -0.308 e. The van der Waals surface area contributed by atoms with Crippen LogP contribution in [0.15, 0.2) is 48.9 Å². The highest BCUT2D eigenvalue weighted by Crippen LogP contribution is 2.16. The van der Waals surface area contributed by atoms with E-state index in [0.717, 1.165) is 10.9 Å². The van der Waals surface area contributed by atoms with Gasteiger partial charge in [-0.2, -0.15) is 5.10 Å². The molecular weight excluding hydrogens is 242 g/mol. The molecular formula is C13H11N5O. The van der Waals surface area contributed by atoms with E-state index in [9.17, 15) is 4.79 Å². The van der Waals surface area contributed by atoms with Gasteiger partial charge in [-0.05, 0) is 30.3 Å². The van der Waals surface area contributed by atoms with Crippen LogP contribution in [0.25, 0.3) is 10.9 Å². The van der Waals surface area contributed by atoms with Gasteiger partial charge in [0.05, 0.1) is 23.6 Å². The van der Waals surface area contributed by atoms with Crippen LogP contribution in [0.5, 0.6) is 0 Å². The molecule has 0 aliphatic carbocycles. The Balaban J connectivity index is 1.72. The van der Waals surface area contributed by atoms with Crippen molar-refractivity contribution in [1.82, 2.24) is 15.2 Å². The van der Waals surface area contributed by atoms with Crippen molar-refractivity contribution < 1.29 is 4.79 Å². The van der Waals surface area contributed by atoms with Crippen LogP contribution in [0.4, 0.5) is 16.2 Å². The van der Waals surface area contributed by atoms with Crippen LogP contribution in [-0.2, 0) is 0 Å². The van der Waals surface area contributed by atoms with Gasteiger partial charge in [-0.3, -0.25) is 10.1 Å². The normalized spacial score (nSPS) is 10.3. The number of nitrogens with one attached hydrogen (secondary N) is 3. The summed E-state index contributed by atoms with van der Waals surface area (Å²) in [5.74, 6) is 0. The van der Waals surface area contributed by atoms with Gasteiger partial charge in [0.1, 0.15) is 0 Å². The number of aromatic amines is 1. The topological polar surface area (TPSA) is 82.7 Å². The molecule has 6 nitrogen and oxygen atoms in total. The number of H-pyrrole nitrogens is 1. The SMILES string of the molecule is O=C(Nc1cccnc1)Nc1ccc2cn[nH]c2c1. The van der Waals surface area contributed by atoms with Crippen LogP contribution < -0.4 is 10.6 Å². The molecule has 94 valence electrons. The van der Waals surface area contributed by atoms with Crippen LogP contribution >= 0.6 is 0 Å². The van der Waals surface area contributed by atoms with Gasteiger partial charge in [-0.25, -0.2) is 4.79 Å². The molecule has 0 bridgehead atoms. The van der Waals surface area contributed by atoms with Crippen LogP contribution in [0.1, 0.15) is 0 Å². The molecule has 0 aliphatic heterocycles. The molecule has 1 aromatic carbocycles. The largest absolute Gasteiger partial charge is 0.323 e. The Labute approximate surface area is 108 Å². The Bertz CT molecular complexity index is 707.